The van der Waals surface area contributed by atoms with Crippen molar-refractivity contribution in [2.24, 2.45) is 23.2 Å². The first-order valence-electron chi connectivity index (χ1n) is 17.2. The van der Waals surface area contributed by atoms with Crippen LogP contribution in [-0.4, -0.2) is 60.2 Å². The number of aliphatic hydroxyl groups excluding tert-OH is 1. The molecule has 0 heterocycles. The Morgan fingerprint density at radius 3 is 1.98 bits per heavy atom. The molecule has 5 atom stereocenters. The Morgan fingerprint density at radius 2 is 1.42 bits per heavy atom. The number of phenolic OH excluding ortho intramolecular Hbond substituents is 1. The van der Waals surface area contributed by atoms with E-state index in [1.165, 1.54) is 13.2 Å². The Labute approximate surface area is 297 Å². The highest BCUT2D eigenvalue weighted by Gasteiger charge is 2.38. The van der Waals surface area contributed by atoms with E-state index in [1.807, 2.05) is 96.1 Å². The number of benzene rings is 3. The van der Waals surface area contributed by atoms with Crippen molar-refractivity contribution in [2.45, 2.75) is 85.7 Å². The topological polar surface area (TPSA) is 146 Å². The van der Waals surface area contributed by atoms with Gasteiger partial charge in [-0.3, -0.25) is 14.4 Å². The van der Waals surface area contributed by atoms with Gasteiger partial charge in [0.1, 0.15) is 17.2 Å². The Bertz CT molecular complexity index is 1540. The van der Waals surface area contributed by atoms with Crippen LogP contribution in [0.5, 0.6) is 17.2 Å². The highest BCUT2D eigenvalue weighted by atomic mass is 16.5. The molecule has 2 unspecified atom stereocenters. The molecule has 2 amide bonds. The van der Waals surface area contributed by atoms with Gasteiger partial charge in [-0.1, -0.05) is 84.0 Å². The fraction of sp³-hybridized carbons (Fsp3) is 0.475. The van der Waals surface area contributed by atoms with Crippen molar-refractivity contribution in [2.75, 3.05) is 14.2 Å². The van der Waals surface area contributed by atoms with Crippen LogP contribution in [0.25, 0.3) is 0 Å². The summed E-state index contributed by atoms with van der Waals surface area (Å²) in [5.41, 5.74) is 1.93. The second kappa shape index (κ2) is 18.5. The van der Waals surface area contributed by atoms with Crippen molar-refractivity contribution in [1.29, 1.82) is 0 Å². The van der Waals surface area contributed by atoms with Crippen molar-refractivity contribution in [3.8, 4) is 17.2 Å². The lowest BCUT2D eigenvalue weighted by Crippen LogP contribution is -2.58. The maximum atomic E-state index is 14.3. The van der Waals surface area contributed by atoms with Gasteiger partial charge in [-0.05, 0) is 53.1 Å². The highest BCUT2D eigenvalue weighted by Crippen LogP contribution is 2.27. The van der Waals surface area contributed by atoms with E-state index >= 15 is 0 Å². The number of hydrogen-bond donors (Lipinski definition) is 5. The van der Waals surface area contributed by atoms with Crippen LogP contribution in [-0.2, 0) is 33.9 Å². The first-order valence-corrected chi connectivity index (χ1v) is 17.2. The Kier molecular flexibility index (Phi) is 14.8. The summed E-state index contributed by atoms with van der Waals surface area (Å²) in [6, 6.07) is 19.8. The van der Waals surface area contributed by atoms with E-state index < -0.39 is 24.1 Å². The molecule has 0 saturated heterocycles. The summed E-state index contributed by atoms with van der Waals surface area (Å²) in [5, 5.41) is 31.6. The number of phenols is 1. The van der Waals surface area contributed by atoms with Gasteiger partial charge < -0.3 is 35.6 Å². The van der Waals surface area contributed by atoms with E-state index in [0.717, 1.165) is 11.1 Å². The van der Waals surface area contributed by atoms with Crippen LogP contribution in [0.1, 0.15) is 64.7 Å². The van der Waals surface area contributed by atoms with Crippen LogP contribution in [0.4, 0.5) is 0 Å². The number of carbonyl (C=O) groups excluding carboxylic acids is 3. The van der Waals surface area contributed by atoms with Crippen LogP contribution in [0.15, 0.2) is 72.8 Å². The lowest BCUT2D eigenvalue weighted by Gasteiger charge is -2.34. The van der Waals surface area contributed by atoms with Crippen LogP contribution < -0.4 is 25.4 Å². The molecule has 0 spiro atoms. The van der Waals surface area contributed by atoms with Gasteiger partial charge in [-0.2, -0.15) is 0 Å². The molecule has 50 heavy (non-hydrogen) atoms. The van der Waals surface area contributed by atoms with E-state index in [1.54, 1.807) is 19.2 Å². The summed E-state index contributed by atoms with van der Waals surface area (Å²) < 4.78 is 10.4. The first kappa shape index (κ1) is 40.0. The number of amides is 2. The molecule has 10 nitrogen and oxygen atoms in total. The fourth-order valence-corrected chi connectivity index (χ4v) is 5.56. The summed E-state index contributed by atoms with van der Waals surface area (Å²) in [6.45, 7) is 11.8. The molecular weight excluding hydrogens is 634 g/mol. The van der Waals surface area contributed by atoms with Gasteiger partial charge in [0.25, 0.3) is 0 Å². The number of nitrogens with one attached hydrogen (secondary N) is 3. The number of aromatic hydroxyl groups is 1. The van der Waals surface area contributed by atoms with E-state index in [9.17, 15) is 24.6 Å². The smallest absolute Gasteiger partial charge is 0.224 e. The quantitative estimate of drug-likeness (QED) is 0.123. The van der Waals surface area contributed by atoms with Crippen molar-refractivity contribution < 1.29 is 34.1 Å². The lowest BCUT2D eigenvalue weighted by atomic mass is 9.81. The van der Waals surface area contributed by atoms with Gasteiger partial charge in [-0.15, -0.1) is 0 Å². The molecule has 0 aliphatic rings. The molecule has 3 aromatic rings. The SMILES string of the molecule is COc1ccc(CN[C@@H](C(=O)C[C@H](C(=O)NCc2ccc(OC)cc2O)C(C)C)C(O)[C@H](Cc2ccccc2)NC(=O)C(C)C(C)(C)C)cc1. The van der Waals surface area contributed by atoms with E-state index in [2.05, 4.69) is 16.0 Å². The second-order valence-electron chi connectivity index (χ2n) is 14.3. The van der Waals surface area contributed by atoms with Gasteiger partial charge in [0.15, 0.2) is 5.78 Å². The number of Topliss-reactive ketones (excluding diaryl/α,β-unsaturated/α-hetero) is 1. The first-order chi connectivity index (χ1) is 23.6. The van der Waals surface area contributed by atoms with Crippen LogP contribution >= 0.6 is 0 Å². The normalized spacial score (nSPS) is 14.6. The third-order valence-electron chi connectivity index (χ3n) is 9.41. The minimum absolute atomic E-state index is 0.0139. The van der Waals surface area contributed by atoms with Gasteiger partial charge >= 0.3 is 0 Å². The number of rotatable bonds is 18. The minimum Gasteiger partial charge on any atom is -0.507 e. The molecule has 0 aliphatic heterocycles. The number of carbonyl (C=O) groups is 3. The van der Waals surface area contributed by atoms with Crippen LogP contribution in [0, 0.1) is 23.2 Å². The molecule has 0 aliphatic carbocycles. The number of ketones is 1. The average Bonchev–Trinajstić information content (AvgIpc) is 3.09. The van der Waals surface area contributed by atoms with Gasteiger partial charge in [0.2, 0.25) is 11.8 Å². The summed E-state index contributed by atoms with van der Waals surface area (Å²) in [7, 11) is 3.09. The van der Waals surface area contributed by atoms with Crippen LogP contribution in [0.3, 0.4) is 0 Å². The van der Waals surface area contributed by atoms with Crippen molar-refractivity contribution >= 4 is 17.6 Å². The predicted octanol–water partition coefficient (Wildman–Crippen LogP) is 5.19. The lowest BCUT2D eigenvalue weighted by molar-refractivity contribution is -0.134. The van der Waals surface area contributed by atoms with Crippen molar-refractivity contribution in [1.82, 2.24) is 16.0 Å². The monoisotopic (exact) mass is 689 g/mol. The zero-order valence-electron chi connectivity index (χ0n) is 30.7. The maximum Gasteiger partial charge on any atom is 0.224 e. The summed E-state index contributed by atoms with van der Waals surface area (Å²) in [4.78, 5) is 41.3. The average molecular weight is 690 g/mol. The standard InChI is InChI=1S/C40H55N3O7/c1-25(2)32(39(48)42-24-29-16-19-31(50-8)21-34(29)44)22-35(45)36(41-23-28-14-17-30(49-7)18-15-28)37(46)33(20-27-12-10-9-11-13-27)43-38(47)26(3)40(4,5)6/h9-19,21,25-26,32-33,36-37,41,44,46H,20,22-24H2,1-8H3,(H,42,48)(H,43,47)/t26?,32-,33-,36-,37?/m0/s1. The molecular formula is C40H55N3O7. The van der Waals surface area contributed by atoms with E-state index in [4.69, 9.17) is 9.47 Å². The van der Waals surface area contributed by atoms with Gasteiger partial charge in [0, 0.05) is 43.0 Å². The Morgan fingerprint density at radius 1 is 0.800 bits per heavy atom. The largest absolute Gasteiger partial charge is 0.507 e. The molecule has 5 N–H and O–H groups in total. The maximum absolute atomic E-state index is 14.3. The second-order valence-corrected chi connectivity index (χ2v) is 14.3. The third kappa shape index (κ3) is 11.6. The van der Waals surface area contributed by atoms with Gasteiger partial charge in [-0.25, -0.2) is 0 Å². The molecule has 0 fully saturated rings. The van der Waals surface area contributed by atoms with Crippen molar-refractivity contribution in [3.05, 3.63) is 89.5 Å². The zero-order chi connectivity index (χ0) is 37.0. The molecule has 272 valence electrons. The van der Waals surface area contributed by atoms with Crippen molar-refractivity contribution in [3.63, 3.8) is 0 Å². The predicted molar refractivity (Wildman–Crippen MR) is 195 cm³/mol. The Balaban J connectivity index is 1.90. The molecule has 3 rings (SSSR count). The highest BCUT2D eigenvalue weighted by molar-refractivity contribution is 5.90. The minimum atomic E-state index is -1.33. The summed E-state index contributed by atoms with van der Waals surface area (Å²) in [5.74, 6) is -1.06. The molecule has 0 radical (unpaired) electrons. The van der Waals surface area contributed by atoms with Gasteiger partial charge in [0.05, 0.1) is 32.4 Å². The van der Waals surface area contributed by atoms with E-state index in [-0.39, 0.29) is 66.5 Å². The zero-order valence-corrected chi connectivity index (χ0v) is 30.7. The summed E-state index contributed by atoms with van der Waals surface area (Å²) >= 11 is 0. The molecule has 3 aromatic carbocycles. The number of hydrogen-bond acceptors (Lipinski definition) is 8. The van der Waals surface area contributed by atoms with Crippen LogP contribution in [0.2, 0.25) is 0 Å². The molecule has 10 heteroatoms. The summed E-state index contributed by atoms with van der Waals surface area (Å²) in [6.07, 6.45) is -1.19. The number of aliphatic hydroxyl groups is 1. The third-order valence-corrected chi connectivity index (χ3v) is 9.41. The van der Waals surface area contributed by atoms with E-state index in [0.29, 0.717) is 17.1 Å². The number of ether oxygens (including phenoxy) is 2. The molecule has 0 saturated carbocycles. The molecule has 0 bridgehead atoms. The number of methoxy groups -OCH3 is 2. The fourth-order valence-electron chi connectivity index (χ4n) is 5.56. The Hall–Kier alpha value is -4.41. The molecule has 0 aromatic heterocycles.